The summed E-state index contributed by atoms with van der Waals surface area (Å²) in [6.45, 7) is 2.29. The number of furan rings is 1. The Morgan fingerprint density at radius 3 is 2.76 bits per heavy atom. The van der Waals surface area contributed by atoms with Crippen molar-refractivity contribution in [2.45, 2.75) is 19.0 Å². The summed E-state index contributed by atoms with van der Waals surface area (Å²) in [5.74, 6) is 0.470. The Morgan fingerprint density at radius 2 is 1.86 bits per heavy atom. The van der Waals surface area contributed by atoms with E-state index in [0.717, 1.165) is 11.2 Å². The van der Waals surface area contributed by atoms with Crippen LogP contribution in [-0.2, 0) is 0 Å². The second-order valence-corrected chi connectivity index (χ2v) is 6.05. The molecule has 2 aliphatic rings. The largest absolute Gasteiger partial charge is 0.454 e. The number of para-hydroxylation sites is 1. The van der Waals surface area contributed by atoms with Gasteiger partial charge in [0.1, 0.15) is 11.7 Å². The Labute approximate surface area is 123 Å². The first-order valence-electron chi connectivity index (χ1n) is 7.38. The zero-order valence-electron chi connectivity index (χ0n) is 12.1. The molecule has 0 bridgehead atoms. The average molecular weight is 276 g/mol. The molecule has 21 heavy (non-hydrogen) atoms. The minimum Gasteiger partial charge on any atom is -0.454 e. The zero-order chi connectivity index (χ0) is 14.1. The van der Waals surface area contributed by atoms with E-state index in [1.54, 1.807) is 0 Å². The van der Waals surface area contributed by atoms with Gasteiger partial charge < -0.3 is 14.2 Å². The highest BCUT2D eigenvalue weighted by molar-refractivity contribution is 6.10. The molecule has 0 amide bonds. The molecule has 2 aromatic carbocycles. The second kappa shape index (κ2) is 3.61. The van der Waals surface area contributed by atoms with Crippen molar-refractivity contribution in [3.8, 4) is 0 Å². The third kappa shape index (κ3) is 1.24. The number of fused-ring (bicyclic) bond motifs is 7. The monoisotopic (exact) mass is 276 g/mol. The van der Waals surface area contributed by atoms with Gasteiger partial charge in [-0.25, -0.2) is 0 Å². The van der Waals surface area contributed by atoms with Crippen LogP contribution in [0, 0.1) is 0 Å². The Morgan fingerprint density at radius 1 is 1.00 bits per heavy atom. The summed E-state index contributed by atoms with van der Waals surface area (Å²) in [5.41, 5.74) is 4.60. The maximum Gasteiger partial charge on any atom is 0.159 e. The summed E-state index contributed by atoms with van der Waals surface area (Å²) in [4.78, 5) is 4.63. The lowest BCUT2D eigenvalue weighted by Gasteiger charge is -2.26. The molecule has 5 rings (SSSR count). The van der Waals surface area contributed by atoms with E-state index in [2.05, 4.69) is 60.4 Å². The van der Waals surface area contributed by atoms with Crippen LogP contribution in [-0.4, -0.2) is 18.1 Å². The highest BCUT2D eigenvalue weighted by atomic mass is 16.3. The van der Waals surface area contributed by atoms with Gasteiger partial charge in [0.15, 0.2) is 5.58 Å². The maximum absolute atomic E-state index is 6.19. The zero-order valence-corrected chi connectivity index (χ0v) is 12.1. The van der Waals surface area contributed by atoms with Crippen LogP contribution < -0.4 is 4.90 Å². The van der Waals surface area contributed by atoms with Crippen molar-refractivity contribution in [1.29, 1.82) is 0 Å². The van der Waals surface area contributed by atoms with E-state index in [1.807, 2.05) is 12.1 Å². The molecule has 0 N–H and O–H groups in total. The standard InChI is InChI=1S/C18H16N2O/c1-11-12-7-8-14-13-5-3-4-6-15(13)21-17(14)16(12)20-10-9-19(2)18(11)20/h3-11,18H,1-2H3. The fourth-order valence-corrected chi connectivity index (χ4v) is 3.93. The fourth-order valence-electron chi connectivity index (χ4n) is 3.93. The second-order valence-electron chi connectivity index (χ2n) is 6.05. The van der Waals surface area contributed by atoms with Crippen molar-refractivity contribution in [2.24, 2.45) is 0 Å². The van der Waals surface area contributed by atoms with Gasteiger partial charge in [0.25, 0.3) is 0 Å². The first-order valence-corrected chi connectivity index (χ1v) is 7.38. The molecule has 104 valence electrons. The number of likely N-dealkylation sites (N-methyl/N-ethyl adjacent to an activating group) is 1. The molecular weight excluding hydrogens is 260 g/mol. The number of hydrogen-bond acceptors (Lipinski definition) is 3. The number of nitrogens with zero attached hydrogens (tertiary/aromatic N) is 2. The normalized spacial score (nSPS) is 23.3. The molecule has 0 aliphatic carbocycles. The minimum absolute atomic E-state index is 0.374. The van der Waals surface area contributed by atoms with E-state index in [4.69, 9.17) is 4.42 Å². The van der Waals surface area contributed by atoms with Crippen LogP contribution in [0.15, 0.2) is 53.2 Å². The minimum atomic E-state index is 0.374. The molecule has 1 aromatic heterocycles. The molecule has 3 aromatic rings. The van der Waals surface area contributed by atoms with E-state index < -0.39 is 0 Å². The van der Waals surface area contributed by atoms with Crippen molar-refractivity contribution in [3.05, 3.63) is 54.4 Å². The van der Waals surface area contributed by atoms with E-state index in [9.17, 15) is 0 Å². The lowest BCUT2D eigenvalue weighted by molar-refractivity contribution is 0.333. The quantitative estimate of drug-likeness (QED) is 0.612. The van der Waals surface area contributed by atoms with Gasteiger partial charge in [0.2, 0.25) is 0 Å². The number of rotatable bonds is 0. The topological polar surface area (TPSA) is 19.6 Å². The molecule has 3 nitrogen and oxygen atoms in total. The summed E-state index contributed by atoms with van der Waals surface area (Å²) in [6.07, 6.45) is 4.68. The molecule has 0 fully saturated rings. The third-order valence-corrected chi connectivity index (χ3v) is 4.91. The molecule has 0 saturated carbocycles. The molecule has 3 heterocycles. The van der Waals surface area contributed by atoms with Gasteiger partial charge in [0.05, 0.1) is 5.69 Å². The van der Waals surface area contributed by atoms with E-state index in [0.29, 0.717) is 12.1 Å². The number of anilines is 1. The molecule has 2 unspecified atom stereocenters. The van der Waals surface area contributed by atoms with Gasteiger partial charge in [-0.2, -0.15) is 0 Å². The average Bonchev–Trinajstić information content (AvgIpc) is 3.13. The molecule has 2 atom stereocenters. The van der Waals surface area contributed by atoms with Gasteiger partial charge in [-0.3, -0.25) is 0 Å². The summed E-state index contributed by atoms with van der Waals surface area (Å²) >= 11 is 0. The lowest BCUT2D eigenvalue weighted by Crippen LogP contribution is -2.35. The van der Waals surface area contributed by atoms with Crippen molar-refractivity contribution >= 4 is 27.6 Å². The molecule has 2 aliphatic heterocycles. The first kappa shape index (κ1) is 11.3. The van der Waals surface area contributed by atoms with Gasteiger partial charge in [0, 0.05) is 36.1 Å². The predicted molar refractivity (Wildman–Crippen MR) is 85.3 cm³/mol. The molecule has 3 heteroatoms. The number of hydrogen-bond donors (Lipinski definition) is 0. The Balaban J connectivity index is 1.89. The van der Waals surface area contributed by atoms with Gasteiger partial charge in [-0.1, -0.05) is 37.3 Å². The predicted octanol–water partition coefficient (Wildman–Crippen LogP) is 4.25. The Hall–Kier alpha value is -2.42. The van der Waals surface area contributed by atoms with Crippen LogP contribution in [0.4, 0.5) is 5.69 Å². The number of benzene rings is 2. The molecule has 0 radical (unpaired) electrons. The third-order valence-electron chi connectivity index (χ3n) is 4.91. The van der Waals surface area contributed by atoms with Crippen LogP contribution in [0.5, 0.6) is 0 Å². The highest BCUT2D eigenvalue weighted by Crippen LogP contribution is 2.49. The first-order chi connectivity index (χ1) is 10.3. The summed E-state index contributed by atoms with van der Waals surface area (Å²) in [6, 6.07) is 12.8. The highest BCUT2D eigenvalue weighted by Gasteiger charge is 2.41. The smallest absolute Gasteiger partial charge is 0.159 e. The fraction of sp³-hybridized carbons (Fsp3) is 0.222. The van der Waals surface area contributed by atoms with Crippen molar-refractivity contribution < 1.29 is 4.42 Å². The van der Waals surface area contributed by atoms with Gasteiger partial charge in [-0.15, -0.1) is 0 Å². The van der Waals surface area contributed by atoms with Crippen LogP contribution >= 0.6 is 0 Å². The van der Waals surface area contributed by atoms with Crippen LogP contribution in [0.25, 0.3) is 21.9 Å². The maximum atomic E-state index is 6.19. The van der Waals surface area contributed by atoms with E-state index >= 15 is 0 Å². The van der Waals surface area contributed by atoms with Crippen LogP contribution in [0.1, 0.15) is 18.4 Å². The van der Waals surface area contributed by atoms with Crippen molar-refractivity contribution in [3.63, 3.8) is 0 Å². The molecular formula is C18H16N2O. The van der Waals surface area contributed by atoms with E-state index in [-0.39, 0.29) is 0 Å². The van der Waals surface area contributed by atoms with Crippen LogP contribution in [0.3, 0.4) is 0 Å². The SMILES string of the molecule is CC1c2ccc3c(oc4ccccc43)c2N2C=CN(C)C12. The van der Waals surface area contributed by atoms with Gasteiger partial charge in [-0.05, 0) is 11.6 Å². The summed E-state index contributed by atoms with van der Waals surface area (Å²) in [5, 5.41) is 2.41. The Bertz CT molecular complexity index is 908. The summed E-state index contributed by atoms with van der Waals surface area (Å²) < 4.78 is 6.19. The lowest BCUT2D eigenvalue weighted by atomic mass is 9.99. The van der Waals surface area contributed by atoms with E-state index in [1.165, 1.54) is 22.0 Å². The summed E-state index contributed by atoms with van der Waals surface area (Å²) in [7, 11) is 2.14. The van der Waals surface area contributed by atoms with Gasteiger partial charge >= 0.3 is 0 Å². The molecule has 0 spiro atoms. The Kier molecular flexibility index (Phi) is 1.94. The molecule has 0 saturated heterocycles. The van der Waals surface area contributed by atoms with Crippen LogP contribution in [0.2, 0.25) is 0 Å². The van der Waals surface area contributed by atoms with Crippen molar-refractivity contribution in [1.82, 2.24) is 4.90 Å². The van der Waals surface area contributed by atoms with Crippen molar-refractivity contribution in [2.75, 3.05) is 11.9 Å².